The van der Waals surface area contributed by atoms with E-state index in [1.165, 1.54) is 14.0 Å². The van der Waals surface area contributed by atoms with Crippen molar-refractivity contribution in [2.75, 3.05) is 7.11 Å². The zero-order chi connectivity index (χ0) is 11.4. The zero-order valence-electron chi connectivity index (χ0n) is 8.06. The standard InChI is InChI=1S/C8H13O5S/c1-4-7(14(10,11)12)5-6(2)8(9)13-3/h5,7H,1,4H2,2-3H3,(H,10,11,12). The Morgan fingerprint density at radius 1 is 1.64 bits per heavy atom. The van der Waals surface area contributed by atoms with Crippen molar-refractivity contribution in [1.29, 1.82) is 0 Å². The van der Waals surface area contributed by atoms with Gasteiger partial charge in [0, 0.05) is 5.57 Å². The lowest BCUT2D eigenvalue weighted by Gasteiger charge is -2.07. The van der Waals surface area contributed by atoms with Crippen molar-refractivity contribution in [1.82, 2.24) is 0 Å². The van der Waals surface area contributed by atoms with Crippen LogP contribution in [-0.2, 0) is 19.6 Å². The molecule has 1 atom stereocenters. The van der Waals surface area contributed by atoms with Crippen LogP contribution >= 0.6 is 0 Å². The van der Waals surface area contributed by atoms with E-state index in [-0.39, 0.29) is 12.0 Å². The van der Waals surface area contributed by atoms with Gasteiger partial charge in [0.15, 0.2) is 0 Å². The van der Waals surface area contributed by atoms with Crippen LogP contribution in [0.3, 0.4) is 0 Å². The quantitative estimate of drug-likeness (QED) is 0.427. The van der Waals surface area contributed by atoms with E-state index in [1.54, 1.807) is 0 Å². The van der Waals surface area contributed by atoms with E-state index in [1.807, 2.05) is 0 Å². The number of esters is 1. The largest absolute Gasteiger partial charge is 0.466 e. The fraction of sp³-hybridized carbons (Fsp3) is 0.500. The van der Waals surface area contributed by atoms with Gasteiger partial charge >= 0.3 is 5.97 Å². The predicted molar refractivity (Wildman–Crippen MR) is 51.1 cm³/mol. The number of methoxy groups -OCH3 is 1. The van der Waals surface area contributed by atoms with E-state index in [0.717, 1.165) is 6.08 Å². The highest BCUT2D eigenvalue weighted by atomic mass is 32.2. The second-order valence-corrected chi connectivity index (χ2v) is 4.32. The summed E-state index contributed by atoms with van der Waals surface area (Å²) in [4.78, 5) is 10.9. The molecule has 1 unspecified atom stereocenters. The van der Waals surface area contributed by atoms with Crippen molar-refractivity contribution in [3.05, 3.63) is 18.6 Å². The van der Waals surface area contributed by atoms with Crippen LogP contribution in [0.1, 0.15) is 13.3 Å². The van der Waals surface area contributed by atoms with Gasteiger partial charge < -0.3 is 4.74 Å². The van der Waals surface area contributed by atoms with Gasteiger partial charge in [-0.2, -0.15) is 8.42 Å². The molecular weight excluding hydrogens is 208 g/mol. The summed E-state index contributed by atoms with van der Waals surface area (Å²) in [6, 6.07) is 0. The van der Waals surface area contributed by atoms with Crippen LogP contribution in [0.5, 0.6) is 0 Å². The Bertz CT molecular complexity index is 328. The van der Waals surface area contributed by atoms with Crippen LogP contribution in [0.15, 0.2) is 11.6 Å². The van der Waals surface area contributed by atoms with E-state index in [0.29, 0.717) is 0 Å². The van der Waals surface area contributed by atoms with Crippen molar-refractivity contribution >= 4 is 16.1 Å². The Labute approximate surface area is 83.5 Å². The summed E-state index contributed by atoms with van der Waals surface area (Å²) in [6.07, 6.45) is 1.07. The number of hydrogen-bond acceptors (Lipinski definition) is 4. The Hall–Kier alpha value is -0.880. The first kappa shape index (κ1) is 13.1. The highest BCUT2D eigenvalue weighted by molar-refractivity contribution is 7.86. The third kappa shape index (κ3) is 3.89. The molecule has 0 spiro atoms. The number of rotatable bonds is 4. The van der Waals surface area contributed by atoms with Crippen molar-refractivity contribution in [3.63, 3.8) is 0 Å². The Morgan fingerprint density at radius 3 is 2.43 bits per heavy atom. The Kier molecular flexibility index (Phi) is 4.79. The molecule has 6 heteroatoms. The van der Waals surface area contributed by atoms with Crippen molar-refractivity contribution in [3.8, 4) is 0 Å². The molecule has 0 fully saturated rings. The van der Waals surface area contributed by atoms with Crippen LogP contribution in [0.25, 0.3) is 0 Å². The maximum Gasteiger partial charge on any atom is 0.333 e. The van der Waals surface area contributed by atoms with Crippen LogP contribution in [-0.4, -0.2) is 31.3 Å². The SMILES string of the molecule is [CH2]CC(C=C(C)C(=O)OC)S(=O)(=O)O. The van der Waals surface area contributed by atoms with Crippen LogP contribution < -0.4 is 0 Å². The second kappa shape index (κ2) is 5.11. The topological polar surface area (TPSA) is 80.7 Å². The molecule has 0 amide bonds. The molecule has 0 aromatic heterocycles. The minimum absolute atomic E-state index is 0.0484. The normalized spacial score (nSPS) is 15.0. The zero-order valence-corrected chi connectivity index (χ0v) is 8.87. The molecule has 14 heavy (non-hydrogen) atoms. The molecule has 5 nitrogen and oxygen atoms in total. The summed E-state index contributed by atoms with van der Waals surface area (Å²) >= 11 is 0. The van der Waals surface area contributed by atoms with Gasteiger partial charge in [-0.25, -0.2) is 4.79 Å². The molecule has 1 radical (unpaired) electrons. The minimum atomic E-state index is -4.20. The molecule has 0 saturated heterocycles. The van der Waals surface area contributed by atoms with Gasteiger partial charge in [-0.15, -0.1) is 0 Å². The number of carbonyl (C=O) groups is 1. The maximum absolute atomic E-state index is 10.9. The van der Waals surface area contributed by atoms with Gasteiger partial charge in [0.05, 0.1) is 7.11 Å². The predicted octanol–water partition coefficient (Wildman–Crippen LogP) is 0.586. The summed E-state index contributed by atoms with van der Waals surface area (Å²) < 4.78 is 34.5. The average Bonchev–Trinajstić information content (AvgIpc) is 2.10. The number of hydrogen-bond donors (Lipinski definition) is 1. The summed E-state index contributed by atoms with van der Waals surface area (Å²) in [6.45, 7) is 4.76. The van der Waals surface area contributed by atoms with Gasteiger partial charge in [-0.3, -0.25) is 4.55 Å². The summed E-state index contributed by atoms with van der Waals surface area (Å²) in [5, 5.41) is -1.17. The maximum atomic E-state index is 10.9. The van der Waals surface area contributed by atoms with Gasteiger partial charge in [-0.1, -0.05) is 13.0 Å². The lowest BCUT2D eigenvalue weighted by molar-refractivity contribution is -0.136. The van der Waals surface area contributed by atoms with E-state index in [9.17, 15) is 13.2 Å². The third-order valence-corrected chi connectivity index (χ3v) is 2.75. The molecule has 0 heterocycles. The highest BCUT2D eigenvalue weighted by Crippen LogP contribution is 2.09. The highest BCUT2D eigenvalue weighted by Gasteiger charge is 2.19. The average molecular weight is 221 g/mol. The molecule has 1 N–H and O–H groups in total. The van der Waals surface area contributed by atoms with Crippen LogP contribution in [0.4, 0.5) is 0 Å². The molecule has 0 aromatic carbocycles. The Morgan fingerprint density at radius 2 is 2.14 bits per heavy atom. The van der Waals surface area contributed by atoms with Gasteiger partial charge in [0.2, 0.25) is 0 Å². The first-order chi connectivity index (χ1) is 6.32. The van der Waals surface area contributed by atoms with Crippen molar-refractivity contribution in [2.24, 2.45) is 0 Å². The third-order valence-electron chi connectivity index (χ3n) is 1.61. The molecule has 0 aliphatic carbocycles. The second-order valence-electron chi connectivity index (χ2n) is 2.68. The molecule has 0 aliphatic heterocycles. The molecule has 0 bridgehead atoms. The van der Waals surface area contributed by atoms with E-state index < -0.39 is 21.3 Å². The fourth-order valence-electron chi connectivity index (χ4n) is 0.826. The molecule has 81 valence electrons. The number of carbonyl (C=O) groups excluding carboxylic acids is 1. The van der Waals surface area contributed by atoms with E-state index in [4.69, 9.17) is 4.55 Å². The summed E-state index contributed by atoms with van der Waals surface area (Å²) in [5.41, 5.74) is 0.124. The van der Waals surface area contributed by atoms with E-state index in [2.05, 4.69) is 11.7 Å². The van der Waals surface area contributed by atoms with Gasteiger partial charge in [-0.05, 0) is 13.3 Å². The van der Waals surface area contributed by atoms with Gasteiger partial charge in [0.25, 0.3) is 10.1 Å². The van der Waals surface area contributed by atoms with Crippen molar-refractivity contribution < 1.29 is 22.5 Å². The fourth-order valence-corrected chi connectivity index (χ4v) is 1.50. The minimum Gasteiger partial charge on any atom is -0.466 e. The van der Waals surface area contributed by atoms with E-state index >= 15 is 0 Å². The van der Waals surface area contributed by atoms with Gasteiger partial charge in [0.1, 0.15) is 5.25 Å². The van der Waals surface area contributed by atoms with Crippen LogP contribution in [0, 0.1) is 6.92 Å². The number of ether oxygens (including phenoxy) is 1. The first-order valence-electron chi connectivity index (χ1n) is 3.85. The monoisotopic (exact) mass is 221 g/mol. The molecule has 0 aliphatic rings. The van der Waals surface area contributed by atoms with Crippen LogP contribution in [0.2, 0.25) is 0 Å². The Balaban J connectivity index is 4.86. The smallest absolute Gasteiger partial charge is 0.333 e. The summed E-state index contributed by atoms with van der Waals surface area (Å²) in [7, 11) is -3.01. The summed E-state index contributed by atoms with van der Waals surface area (Å²) in [5.74, 6) is -0.632. The molecule has 0 saturated carbocycles. The van der Waals surface area contributed by atoms with Crippen molar-refractivity contribution in [2.45, 2.75) is 18.6 Å². The molecule has 0 rings (SSSR count). The lowest BCUT2D eigenvalue weighted by Crippen LogP contribution is -2.18. The molecule has 0 aromatic rings. The molecular formula is C8H13O5S. The lowest BCUT2D eigenvalue weighted by atomic mass is 10.2. The first-order valence-corrected chi connectivity index (χ1v) is 5.35.